The highest BCUT2D eigenvalue weighted by molar-refractivity contribution is 9.10. The summed E-state index contributed by atoms with van der Waals surface area (Å²) in [5.74, 6) is -2.16. The standard InChI is InChI=1S/C23H22BrClN4O4/c1-13-9-16(5-6-18(13)24)27-21(30)20-11-14-10-15(25)4-7-19(14)29(20)28-23(32)22(31)26-12-17-3-2-8-33-17/h4-7,9-11,17H,2-3,8,12H2,1H3,(H,26,31)(H,27,30)(H,28,32)/t17-/m0/s1. The second kappa shape index (κ2) is 9.94. The third-order valence-electron chi connectivity index (χ3n) is 5.35. The molecule has 1 fully saturated rings. The first-order valence-electron chi connectivity index (χ1n) is 10.4. The van der Waals surface area contributed by atoms with Crippen LogP contribution in [0.5, 0.6) is 0 Å². The largest absolute Gasteiger partial charge is 0.376 e. The van der Waals surface area contributed by atoms with E-state index < -0.39 is 17.7 Å². The summed E-state index contributed by atoms with van der Waals surface area (Å²) in [6, 6.07) is 12.0. The molecule has 0 unspecified atom stereocenters. The lowest BCUT2D eigenvalue weighted by molar-refractivity contribution is -0.136. The van der Waals surface area contributed by atoms with Crippen LogP contribution in [0.15, 0.2) is 46.9 Å². The lowest BCUT2D eigenvalue weighted by Crippen LogP contribution is -2.42. The molecule has 1 aliphatic heterocycles. The average molecular weight is 534 g/mol. The molecule has 4 rings (SSSR count). The van der Waals surface area contributed by atoms with Gasteiger partial charge in [0.2, 0.25) is 0 Å². The van der Waals surface area contributed by atoms with E-state index in [1.807, 2.05) is 19.1 Å². The van der Waals surface area contributed by atoms with Crippen molar-refractivity contribution in [2.75, 3.05) is 23.9 Å². The fraction of sp³-hybridized carbons (Fsp3) is 0.261. The molecule has 0 saturated carbocycles. The topological polar surface area (TPSA) is 101 Å². The third kappa shape index (κ3) is 5.38. The Bertz CT molecular complexity index is 1240. The summed E-state index contributed by atoms with van der Waals surface area (Å²) < 4.78 is 7.67. The molecule has 3 amide bonds. The number of nitrogens with zero attached hydrogens (tertiary/aromatic N) is 1. The molecule has 2 aromatic carbocycles. The highest BCUT2D eigenvalue weighted by atomic mass is 79.9. The Morgan fingerprint density at radius 2 is 1.97 bits per heavy atom. The molecule has 1 atom stereocenters. The number of nitrogens with one attached hydrogen (secondary N) is 3. The van der Waals surface area contributed by atoms with Crippen molar-refractivity contribution >= 4 is 61.8 Å². The van der Waals surface area contributed by atoms with E-state index >= 15 is 0 Å². The Hall–Kier alpha value is -2.88. The van der Waals surface area contributed by atoms with E-state index in [2.05, 4.69) is 32.0 Å². The first-order valence-corrected chi connectivity index (χ1v) is 11.6. The van der Waals surface area contributed by atoms with Gasteiger partial charge in [-0.25, -0.2) is 4.68 Å². The van der Waals surface area contributed by atoms with Crippen LogP contribution >= 0.6 is 27.5 Å². The van der Waals surface area contributed by atoms with Crippen molar-refractivity contribution in [2.24, 2.45) is 0 Å². The third-order valence-corrected chi connectivity index (χ3v) is 6.47. The van der Waals surface area contributed by atoms with Crippen molar-refractivity contribution in [3.63, 3.8) is 0 Å². The zero-order chi connectivity index (χ0) is 23.5. The second-order valence-corrected chi connectivity index (χ2v) is 9.06. The monoisotopic (exact) mass is 532 g/mol. The van der Waals surface area contributed by atoms with Gasteiger partial charge in [-0.15, -0.1) is 0 Å². The number of aryl methyl sites for hydroxylation is 1. The van der Waals surface area contributed by atoms with E-state index in [0.29, 0.717) is 28.2 Å². The minimum atomic E-state index is -0.894. The molecule has 0 spiro atoms. The molecular formula is C23H22BrClN4O4. The van der Waals surface area contributed by atoms with E-state index in [1.54, 1.807) is 30.3 Å². The Kier molecular flexibility index (Phi) is 7.02. The van der Waals surface area contributed by atoms with Gasteiger partial charge >= 0.3 is 11.8 Å². The van der Waals surface area contributed by atoms with Crippen molar-refractivity contribution in [1.82, 2.24) is 9.99 Å². The van der Waals surface area contributed by atoms with Gasteiger partial charge in [0.15, 0.2) is 0 Å². The molecule has 1 aliphatic rings. The van der Waals surface area contributed by atoms with Crippen LogP contribution in [0.25, 0.3) is 10.9 Å². The van der Waals surface area contributed by atoms with Crippen molar-refractivity contribution in [3.05, 3.63) is 63.2 Å². The van der Waals surface area contributed by atoms with E-state index in [4.69, 9.17) is 16.3 Å². The van der Waals surface area contributed by atoms with E-state index in [1.165, 1.54) is 4.68 Å². The maximum atomic E-state index is 13.1. The number of carbonyl (C=O) groups excluding carboxylic acids is 3. The quantitative estimate of drug-likeness (QED) is 0.432. The average Bonchev–Trinajstić information content (AvgIpc) is 3.42. The van der Waals surface area contributed by atoms with Gasteiger partial charge in [0.25, 0.3) is 5.91 Å². The summed E-state index contributed by atoms with van der Waals surface area (Å²) in [7, 11) is 0. The van der Waals surface area contributed by atoms with Crippen molar-refractivity contribution in [3.8, 4) is 0 Å². The maximum absolute atomic E-state index is 13.1. The number of amides is 3. The summed E-state index contributed by atoms with van der Waals surface area (Å²) in [5.41, 5.74) is 4.75. The van der Waals surface area contributed by atoms with Crippen LogP contribution in [0.2, 0.25) is 5.02 Å². The SMILES string of the molecule is Cc1cc(NC(=O)c2cc3cc(Cl)ccc3n2NC(=O)C(=O)NC[C@@H]2CCCO2)ccc1Br. The summed E-state index contributed by atoms with van der Waals surface area (Å²) in [6.45, 7) is 2.82. The van der Waals surface area contributed by atoms with Gasteiger partial charge in [0.05, 0.1) is 11.6 Å². The predicted octanol–water partition coefficient (Wildman–Crippen LogP) is 3.98. The van der Waals surface area contributed by atoms with Crippen LogP contribution in [-0.4, -0.2) is 41.7 Å². The number of aromatic nitrogens is 1. The van der Waals surface area contributed by atoms with Crippen molar-refractivity contribution < 1.29 is 19.1 Å². The number of hydrogen-bond donors (Lipinski definition) is 3. The molecule has 0 aliphatic carbocycles. The first-order chi connectivity index (χ1) is 15.8. The Morgan fingerprint density at radius 3 is 2.70 bits per heavy atom. The smallest absolute Gasteiger partial charge is 0.328 e. The molecule has 33 heavy (non-hydrogen) atoms. The van der Waals surface area contributed by atoms with Crippen LogP contribution in [-0.2, 0) is 14.3 Å². The number of ether oxygens (including phenoxy) is 1. The van der Waals surface area contributed by atoms with Crippen molar-refractivity contribution in [1.29, 1.82) is 0 Å². The zero-order valence-electron chi connectivity index (χ0n) is 17.8. The van der Waals surface area contributed by atoms with E-state index in [9.17, 15) is 14.4 Å². The number of rotatable bonds is 5. The number of hydrogen-bond acceptors (Lipinski definition) is 4. The van der Waals surface area contributed by atoms with Crippen LogP contribution in [0.3, 0.4) is 0 Å². The van der Waals surface area contributed by atoms with Crippen LogP contribution in [0, 0.1) is 6.92 Å². The van der Waals surface area contributed by atoms with Crippen molar-refractivity contribution in [2.45, 2.75) is 25.9 Å². The molecule has 3 N–H and O–H groups in total. The van der Waals surface area contributed by atoms with Gasteiger partial charge in [0.1, 0.15) is 5.69 Å². The highest BCUT2D eigenvalue weighted by Gasteiger charge is 2.23. The minimum absolute atomic E-state index is 0.0907. The van der Waals surface area contributed by atoms with Gasteiger partial charge in [-0.05, 0) is 67.8 Å². The summed E-state index contributed by atoms with van der Waals surface area (Å²) in [5, 5.41) is 6.52. The molecule has 1 saturated heterocycles. The van der Waals surface area contributed by atoms with Crippen LogP contribution in [0.4, 0.5) is 5.69 Å². The summed E-state index contributed by atoms with van der Waals surface area (Å²) in [6.07, 6.45) is 1.68. The van der Waals surface area contributed by atoms with Gasteiger partial charge < -0.3 is 15.4 Å². The fourth-order valence-corrected chi connectivity index (χ4v) is 4.06. The number of fused-ring (bicyclic) bond motifs is 1. The molecular weight excluding hydrogens is 512 g/mol. The molecule has 0 bridgehead atoms. The van der Waals surface area contributed by atoms with Gasteiger partial charge in [-0.3, -0.25) is 19.8 Å². The highest BCUT2D eigenvalue weighted by Crippen LogP contribution is 2.25. The normalized spacial score (nSPS) is 15.4. The van der Waals surface area contributed by atoms with Gasteiger partial charge in [-0.1, -0.05) is 27.5 Å². The predicted molar refractivity (Wildman–Crippen MR) is 130 cm³/mol. The first kappa shape index (κ1) is 23.3. The number of carbonyl (C=O) groups is 3. The molecule has 172 valence electrons. The lowest BCUT2D eigenvalue weighted by atomic mass is 10.2. The number of benzene rings is 2. The summed E-state index contributed by atoms with van der Waals surface area (Å²) >= 11 is 9.54. The molecule has 3 aromatic rings. The molecule has 10 heteroatoms. The molecule has 8 nitrogen and oxygen atoms in total. The Labute approximate surface area is 203 Å². The Morgan fingerprint density at radius 1 is 1.15 bits per heavy atom. The van der Waals surface area contributed by atoms with Gasteiger partial charge in [0, 0.05) is 33.7 Å². The second-order valence-electron chi connectivity index (χ2n) is 7.77. The van der Waals surface area contributed by atoms with Crippen LogP contribution in [0.1, 0.15) is 28.9 Å². The summed E-state index contributed by atoms with van der Waals surface area (Å²) in [4.78, 5) is 38.0. The number of halogens is 2. The van der Waals surface area contributed by atoms with Gasteiger partial charge in [-0.2, -0.15) is 0 Å². The molecule has 1 aromatic heterocycles. The van der Waals surface area contributed by atoms with E-state index in [-0.39, 0.29) is 18.3 Å². The minimum Gasteiger partial charge on any atom is -0.376 e. The molecule has 2 heterocycles. The molecule has 0 radical (unpaired) electrons. The number of anilines is 1. The fourth-order valence-electron chi connectivity index (χ4n) is 3.64. The maximum Gasteiger partial charge on any atom is 0.328 e. The van der Waals surface area contributed by atoms with Crippen LogP contribution < -0.4 is 16.1 Å². The lowest BCUT2D eigenvalue weighted by Gasteiger charge is -2.14. The Balaban J connectivity index is 1.57. The zero-order valence-corrected chi connectivity index (χ0v) is 20.1. The van der Waals surface area contributed by atoms with E-state index in [0.717, 1.165) is 22.9 Å².